The minimum Gasteiger partial charge on any atom is -0.481 e. The van der Waals surface area contributed by atoms with Crippen LogP contribution in [0.1, 0.15) is 25.1 Å². The number of nitrogens with zero attached hydrogens (tertiary/aromatic N) is 1. The summed E-state index contributed by atoms with van der Waals surface area (Å²) < 4.78 is 5.34. The highest BCUT2D eigenvalue weighted by atomic mass is 32.1. The molecule has 4 nitrogen and oxygen atoms in total. The lowest BCUT2D eigenvalue weighted by Gasteiger charge is -2.15. The van der Waals surface area contributed by atoms with E-state index >= 15 is 0 Å². The molecule has 0 fully saturated rings. The fraction of sp³-hybridized carbons (Fsp3) is 0.333. The van der Waals surface area contributed by atoms with Crippen molar-refractivity contribution in [2.24, 2.45) is 0 Å². The molecule has 0 unspecified atom stereocenters. The standard InChI is InChI=1S/C12H13NO3S/c1-7-4-5-16-9(7)10-13-8(6-17-10)12(2,3)11(14)15/h4-6H,1-3H3,(H,14,15). The third-order valence-electron chi connectivity index (χ3n) is 2.74. The molecule has 0 amide bonds. The van der Waals surface area contributed by atoms with Gasteiger partial charge in [0.15, 0.2) is 10.8 Å². The minimum absolute atomic E-state index is 0.556. The number of aryl methyl sites for hydroxylation is 1. The van der Waals surface area contributed by atoms with Gasteiger partial charge in [-0.15, -0.1) is 11.3 Å². The van der Waals surface area contributed by atoms with Gasteiger partial charge < -0.3 is 9.52 Å². The molecule has 0 bridgehead atoms. The van der Waals surface area contributed by atoms with E-state index in [1.807, 2.05) is 13.0 Å². The van der Waals surface area contributed by atoms with E-state index in [2.05, 4.69) is 4.98 Å². The number of hydrogen-bond donors (Lipinski definition) is 1. The first-order valence-corrected chi connectivity index (χ1v) is 6.04. The average molecular weight is 251 g/mol. The average Bonchev–Trinajstić information content (AvgIpc) is 2.85. The van der Waals surface area contributed by atoms with Crippen LogP contribution in [0.3, 0.4) is 0 Å². The zero-order valence-corrected chi connectivity index (χ0v) is 10.7. The summed E-state index contributed by atoms with van der Waals surface area (Å²) in [5.74, 6) is -0.173. The van der Waals surface area contributed by atoms with Gasteiger partial charge in [-0.3, -0.25) is 4.79 Å². The molecule has 17 heavy (non-hydrogen) atoms. The Labute approximate surface area is 103 Å². The monoisotopic (exact) mass is 251 g/mol. The number of rotatable bonds is 3. The van der Waals surface area contributed by atoms with E-state index in [4.69, 9.17) is 9.52 Å². The summed E-state index contributed by atoms with van der Waals surface area (Å²) in [5, 5.41) is 11.6. The fourth-order valence-corrected chi connectivity index (χ4v) is 2.40. The molecule has 2 rings (SSSR count). The molecular weight excluding hydrogens is 238 g/mol. The quantitative estimate of drug-likeness (QED) is 0.910. The van der Waals surface area contributed by atoms with Gasteiger partial charge in [0.05, 0.1) is 12.0 Å². The molecule has 0 atom stereocenters. The Morgan fingerprint density at radius 2 is 2.24 bits per heavy atom. The highest BCUT2D eigenvalue weighted by Gasteiger charge is 2.32. The molecule has 1 N–H and O–H groups in total. The normalized spacial score (nSPS) is 11.7. The lowest BCUT2D eigenvalue weighted by atomic mass is 9.90. The Bertz CT molecular complexity index is 554. The van der Waals surface area contributed by atoms with Crippen LogP contribution in [0.2, 0.25) is 0 Å². The fourth-order valence-electron chi connectivity index (χ4n) is 1.37. The van der Waals surface area contributed by atoms with Crippen molar-refractivity contribution in [3.8, 4) is 10.8 Å². The number of furan rings is 1. The van der Waals surface area contributed by atoms with Gasteiger partial charge in [0, 0.05) is 5.38 Å². The Hall–Kier alpha value is -1.62. The van der Waals surface area contributed by atoms with Crippen LogP contribution in [-0.4, -0.2) is 16.1 Å². The molecule has 0 spiro atoms. The van der Waals surface area contributed by atoms with Gasteiger partial charge in [-0.05, 0) is 32.4 Å². The predicted octanol–water partition coefficient (Wildman–Crippen LogP) is 3.07. The van der Waals surface area contributed by atoms with Crippen molar-refractivity contribution in [2.45, 2.75) is 26.2 Å². The van der Waals surface area contributed by atoms with Crippen LogP contribution in [0.5, 0.6) is 0 Å². The maximum absolute atomic E-state index is 11.1. The first-order valence-electron chi connectivity index (χ1n) is 5.17. The van der Waals surface area contributed by atoms with Crippen molar-refractivity contribution in [1.82, 2.24) is 4.98 Å². The van der Waals surface area contributed by atoms with Crippen LogP contribution >= 0.6 is 11.3 Å². The highest BCUT2D eigenvalue weighted by molar-refractivity contribution is 7.13. The number of hydrogen-bond acceptors (Lipinski definition) is 4. The summed E-state index contributed by atoms with van der Waals surface area (Å²) >= 11 is 1.40. The zero-order chi connectivity index (χ0) is 12.6. The third kappa shape index (κ3) is 1.98. The minimum atomic E-state index is -0.977. The molecule has 0 aliphatic rings. The molecule has 0 saturated heterocycles. The van der Waals surface area contributed by atoms with Crippen LogP contribution in [0.4, 0.5) is 0 Å². The second kappa shape index (κ2) is 4.00. The number of carboxylic acids is 1. The van der Waals surface area contributed by atoms with E-state index < -0.39 is 11.4 Å². The number of aliphatic carboxylic acids is 1. The van der Waals surface area contributed by atoms with Gasteiger partial charge in [-0.25, -0.2) is 4.98 Å². The molecule has 0 radical (unpaired) electrons. The van der Waals surface area contributed by atoms with Gasteiger partial charge in [-0.2, -0.15) is 0 Å². The maximum Gasteiger partial charge on any atom is 0.315 e. The zero-order valence-electron chi connectivity index (χ0n) is 9.85. The molecule has 0 aliphatic heterocycles. The Balaban J connectivity index is 2.41. The molecule has 90 valence electrons. The smallest absolute Gasteiger partial charge is 0.315 e. The predicted molar refractivity (Wildman–Crippen MR) is 65.2 cm³/mol. The summed E-state index contributed by atoms with van der Waals surface area (Å²) in [4.78, 5) is 15.5. The largest absolute Gasteiger partial charge is 0.481 e. The summed E-state index contributed by atoms with van der Waals surface area (Å²) in [6.07, 6.45) is 1.61. The molecule has 0 saturated carbocycles. The number of carboxylic acid groups (broad SMARTS) is 1. The SMILES string of the molecule is Cc1ccoc1-c1nc(C(C)(C)C(=O)O)cs1. The molecule has 0 aliphatic carbocycles. The highest BCUT2D eigenvalue weighted by Crippen LogP contribution is 2.32. The number of carbonyl (C=O) groups is 1. The molecule has 2 aromatic heterocycles. The van der Waals surface area contributed by atoms with Crippen molar-refractivity contribution < 1.29 is 14.3 Å². The van der Waals surface area contributed by atoms with Crippen LogP contribution in [0, 0.1) is 6.92 Å². The van der Waals surface area contributed by atoms with Gasteiger partial charge in [0.2, 0.25) is 0 Å². The Morgan fingerprint density at radius 3 is 2.76 bits per heavy atom. The topological polar surface area (TPSA) is 63.3 Å². The molecular formula is C12H13NO3S. The van der Waals surface area contributed by atoms with Crippen molar-refractivity contribution >= 4 is 17.3 Å². The van der Waals surface area contributed by atoms with Crippen LogP contribution in [-0.2, 0) is 10.2 Å². The lowest BCUT2D eigenvalue weighted by Crippen LogP contribution is -2.28. The second-order valence-electron chi connectivity index (χ2n) is 4.40. The molecule has 0 aromatic carbocycles. The summed E-state index contributed by atoms with van der Waals surface area (Å²) in [5.41, 5.74) is 0.578. The maximum atomic E-state index is 11.1. The summed E-state index contributed by atoms with van der Waals surface area (Å²) in [6, 6.07) is 1.86. The van der Waals surface area contributed by atoms with E-state index in [1.54, 1.807) is 25.5 Å². The molecule has 2 heterocycles. The van der Waals surface area contributed by atoms with E-state index in [9.17, 15) is 4.79 Å². The third-order valence-corrected chi connectivity index (χ3v) is 3.58. The van der Waals surface area contributed by atoms with Gasteiger partial charge in [-0.1, -0.05) is 0 Å². The van der Waals surface area contributed by atoms with Crippen molar-refractivity contribution in [3.05, 3.63) is 29.0 Å². The van der Waals surface area contributed by atoms with Gasteiger partial charge in [0.1, 0.15) is 5.41 Å². The van der Waals surface area contributed by atoms with E-state index in [-0.39, 0.29) is 0 Å². The Morgan fingerprint density at radius 1 is 1.53 bits per heavy atom. The summed E-state index contributed by atoms with van der Waals surface area (Å²) in [6.45, 7) is 5.22. The van der Waals surface area contributed by atoms with Gasteiger partial charge in [0.25, 0.3) is 0 Å². The van der Waals surface area contributed by atoms with Crippen LogP contribution in [0.25, 0.3) is 10.8 Å². The van der Waals surface area contributed by atoms with E-state index in [0.29, 0.717) is 11.5 Å². The second-order valence-corrected chi connectivity index (χ2v) is 5.26. The molecule has 5 heteroatoms. The van der Waals surface area contributed by atoms with E-state index in [0.717, 1.165) is 10.6 Å². The van der Waals surface area contributed by atoms with Gasteiger partial charge >= 0.3 is 5.97 Å². The Kier molecular flexibility index (Phi) is 2.79. The van der Waals surface area contributed by atoms with Crippen LogP contribution in [0.15, 0.2) is 22.1 Å². The number of aromatic nitrogens is 1. The van der Waals surface area contributed by atoms with E-state index in [1.165, 1.54) is 11.3 Å². The summed E-state index contributed by atoms with van der Waals surface area (Å²) in [7, 11) is 0. The number of thiazole rings is 1. The van der Waals surface area contributed by atoms with Crippen molar-refractivity contribution in [1.29, 1.82) is 0 Å². The molecule has 2 aromatic rings. The van der Waals surface area contributed by atoms with Crippen LogP contribution < -0.4 is 0 Å². The first kappa shape index (κ1) is 11.9. The first-order chi connectivity index (χ1) is 7.93. The lowest BCUT2D eigenvalue weighted by molar-refractivity contribution is -0.142. The van der Waals surface area contributed by atoms with Crippen molar-refractivity contribution in [2.75, 3.05) is 0 Å². The van der Waals surface area contributed by atoms with Crippen molar-refractivity contribution in [3.63, 3.8) is 0 Å².